The van der Waals surface area contributed by atoms with Crippen molar-refractivity contribution in [3.05, 3.63) is 63.3 Å². The Kier molecular flexibility index (Phi) is 3.68. The average molecular weight is 369 g/mol. The molecular weight excluding hydrogens is 348 g/mol. The third-order valence-corrected chi connectivity index (χ3v) is 5.23. The summed E-state index contributed by atoms with van der Waals surface area (Å²) in [5, 5.41) is 5.11. The molecule has 0 radical (unpaired) electrons. The van der Waals surface area contributed by atoms with Crippen LogP contribution in [0.2, 0.25) is 0 Å². The van der Waals surface area contributed by atoms with E-state index in [0.717, 1.165) is 10.9 Å². The largest absolute Gasteiger partial charge is 0.377 e. The smallest absolute Gasteiger partial charge is 0.0666 e. The van der Waals surface area contributed by atoms with Crippen LogP contribution in [0, 0.1) is 13.8 Å². The van der Waals surface area contributed by atoms with Crippen molar-refractivity contribution in [2.45, 2.75) is 39.2 Å². The van der Waals surface area contributed by atoms with Crippen molar-refractivity contribution in [3.63, 3.8) is 0 Å². The number of aromatic amines is 1. The fourth-order valence-electron chi connectivity index (χ4n) is 3.84. The molecule has 0 amide bonds. The second kappa shape index (κ2) is 5.72. The van der Waals surface area contributed by atoms with Gasteiger partial charge < -0.3 is 10.3 Å². The molecule has 1 unspecified atom stereocenters. The van der Waals surface area contributed by atoms with Gasteiger partial charge in [0.15, 0.2) is 0 Å². The van der Waals surface area contributed by atoms with Crippen LogP contribution in [0.1, 0.15) is 41.3 Å². The average Bonchev–Trinajstić information content (AvgIpc) is 2.85. The molecule has 0 aliphatic heterocycles. The summed E-state index contributed by atoms with van der Waals surface area (Å²) in [6.45, 7) is 4.32. The molecule has 23 heavy (non-hydrogen) atoms. The van der Waals surface area contributed by atoms with Crippen LogP contribution in [0.5, 0.6) is 0 Å². The van der Waals surface area contributed by atoms with Crippen LogP contribution >= 0.6 is 15.9 Å². The molecule has 4 rings (SSSR count). The number of hydrogen-bond donors (Lipinski definition) is 2. The number of aromatic nitrogens is 1. The molecule has 3 heteroatoms. The quantitative estimate of drug-likeness (QED) is 0.567. The van der Waals surface area contributed by atoms with Gasteiger partial charge in [-0.15, -0.1) is 0 Å². The molecule has 0 fully saturated rings. The van der Waals surface area contributed by atoms with E-state index in [-0.39, 0.29) is 0 Å². The molecule has 1 aliphatic rings. The molecule has 0 bridgehead atoms. The van der Waals surface area contributed by atoms with Gasteiger partial charge in [-0.1, -0.05) is 22.0 Å². The Balaban J connectivity index is 1.74. The third-order valence-electron chi connectivity index (χ3n) is 4.73. The number of anilines is 1. The summed E-state index contributed by atoms with van der Waals surface area (Å²) in [5.74, 6) is 0. The van der Waals surface area contributed by atoms with Crippen molar-refractivity contribution >= 4 is 32.5 Å². The second-order valence-corrected chi connectivity index (χ2v) is 7.59. The van der Waals surface area contributed by atoms with Crippen molar-refractivity contribution in [3.8, 4) is 0 Å². The lowest BCUT2D eigenvalue weighted by Gasteiger charge is -2.25. The highest BCUT2D eigenvalue weighted by Crippen LogP contribution is 2.37. The predicted octanol–water partition coefficient (Wildman–Crippen LogP) is 6.04. The van der Waals surface area contributed by atoms with E-state index in [0.29, 0.717) is 6.04 Å². The lowest BCUT2D eigenvalue weighted by molar-refractivity contribution is 0.592. The second-order valence-electron chi connectivity index (χ2n) is 6.67. The van der Waals surface area contributed by atoms with Crippen LogP contribution in [0.25, 0.3) is 10.9 Å². The van der Waals surface area contributed by atoms with Gasteiger partial charge in [0.1, 0.15) is 0 Å². The highest BCUT2D eigenvalue weighted by molar-refractivity contribution is 9.10. The zero-order valence-corrected chi connectivity index (χ0v) is 15.1. The Morgan fingerprint density at radius 1 is 1.09 bits per heavy atom. The zero-order valence-electron chi connectivity index (χ0n) is 13.5. The molecule has 2 aromatic carbocycles. The Morgan fingerprint density at radius 3 is 2.65 bits per heavy atom. The van der Waals surface area contributed by atoms with Crippen LogP contribution < -0.4 is 5.32 Å². The molecule has 1 atom stereocenters. The first-order chi connectivity index (χ1) is 11.1. The normalized spacial score (nSPS) is 17.3. The number of H-pyrrole nitrogens is 1. The van der Waals surface area contributed by atoms with Gasteiger partial charge in [0.2, 0.25) is 0 Å². The molecule has 118 valence electrons. The molecule has 0 saturated carbocycles. The van der Waals surface area contributed by atoms with E-state index in [1.54, 1.807) is 0 Å². The number of benzene rings is 2. The van der Waals surface area contributed by atoms with Crippen molar-refractivity contribution in [2.24, 2.45) is 0 Å². The first kappa shape index (κ1) is 14.8. The predicted molar refractivity (Wildman–Crippen MR) is 101 cm³/mol. The summed E-state index contributed by atoms with van der Waals surface area (Å²) in [7, 11) is 0. The molecule has 1 heterocycles. The van der Waals surface area contributed by atoms with E-state index in [1.165, 1.54) is 51.8 Å². The highest BCUT2D eigenvalue weighted by atomic mass is 79.9. The molecular formula is C20H21BrN2. The minimum Gasteiger partial charge on any atom is -0.377 e. The van der Waals surface area contributed by atoms with Crippen LogP contribution in [0.3, 0.4) is 0 Å². The van der Waals surface area contributed by atoms with Gasteiger partial charge in [0.05, 0.1) is 6.04 Å². The maximum Gasteiger partial charge on any atom is 0.0666 e. The van der Waals surface area contributed by atoms with Gasteiger partial charge in [-0.25, -0.2) is 0 Å². The number of aryl methyl sites for hydroxylation is 3. The van der Waals surface area contributed by atoms with Crippen molar-refractivity contribution in [1.29, 1.82) is 0 Å². The Morgan fingerprint density at radius 2 is 1.87 bits per heavy atom. The van der Waals surface area contributed by atoms with Gasteiger partial charge in [0.25, 0.3) is 0 Å². The topological polar surface area (TPSA) is 27.8 Å². The summed E-state index contributed by atoms with van der Waals surface area (Å²) in [5.41, 5.74) is 7.93. The fourth-order valence-corrected chi connectivity index (χ4v) is 4.20. The van der Waals surface area contributed by atoms with Gasteiger partial charge in [-0.05, 0) is 80.1 Å². The van der Waals surface area contributed by atoms with Gasteiger partial charge in [0, 0.05) is 26.8 Å². The number of halogens is 1. The molecule has 1 aliphatic carbocycles. The van der Waals surface area contributed by atoms with Crippen LogP contribution in [0.15, 0.2) is 40.9 Å². The molecule has 3 aromatic rings. The van der Waals surface area contributed by atoms with Gasteiger partial charge in [-0.2, -0.15) is 0 Å². The van der Waals surface area contributed by atoms with Crippen LogP contribution in [0.4, 0.5) is 5.69 Å². The van der Waals surface area contributed by atoms with E-state index in [2.05, 4.69) is 76.5 Å². The molecule has 2 N–H and O–H groups in total. The van der Waals surface area contributed by atoms with Crippen molar-refractivity contribution in [2.75, 3.05) is 5.32 Å². The summed E-state index contributed by atoms with van der Waals surface area (Å²) in [6.07, 6.45) is 3.57. The number of nitrogens with one attached hydrogen (secondary N) is 2. The van der Waals surface area contributed by atoms with Crippen LogP contribution in [-0.4, -0.2) is 4.98 Å². The minimum atomic E-state index is 0.367. The lowest BCUT2D eigenvalue weighted by Crippen LogP contribution is -2.17. The van der Waals surface area contributed by atoms with Crippen molar-refractivity contribution < 1.29 is 0 Å². The molecule has 2 nitrogen and oxygen atoms in total. The van der Waals surface area contributed by atoms with Crippen molar-refractivity contribution in [1.82, 2.24) is 4.98 Å². The Hall–Kier alpha value is -1.74. The Labute approximate surface area is 145 Å². The van der Waals surface area contributed by atoms with Gasteiger partial charge >= 0.3 is 0 Å². The third kappa shape index (κ3) is 2.78. The van der Waals surface area contributed by atoms with E-state index in [1.807, 2.05) is 0 Å². The summed E-state index contributed by atoms with van der Waals surface area (Å²) in [6, 6.07) is 13.6. The fraction of sp³-hybridized carbons (Fsp3) is 0.300. The highest BCUT2D eigenvalue weighted by Gasteiger charge is 2.24. The molecule has 0 spiro atoms. The molecule has 1 aromatic heterocycles. The molecule has 0 saturated heterocycles. The first-order valence-electron chi connectivity index (χ1n) is 8.25. The lowest BCUT2D eigenvalue weighted by atomic mass is 9.91. The maximum atomic E-state index is 3.75. The number of fused-ring (bicyclic) bond motifs is 3. The Bertz CT molecular complexity index is 858. The van der Waals surface area contributed by atoms with E-state index in [9.17, 15) is 0 Å². The first-order valence-corrected chi connectivity index (χ1v) is 9.04. The standard InChI is InChI=1S/C20H21BrN2/c1-12-8-13(2)10-15(9-12)22-19-5-3-4-16-17-11-14(21)6-7-18(17)23-20(16)19/h6-11,19,22-23H,3-5H2,1-2H3. The number of hydrogen-bond acceptors (Lipinski definition) is 1. The summed E-state index contributed by atoms with van der Waals surface area (Å²) >= 11 is 3.60. The maximum absolute atomic E-state index is 3.75. The van der Waals surface area contributed by atoms with E-state index < -0.39 is 0 Å². The summed E-state index contributed by atoms with van der Waals surface area (Å²) < 4.78 is 1.15. The zero-order chi connectivity index (χ0) is 16.0. The minimum absolute atomic E-state index is 0.367. The van der Waals surface area contributed by atoms with E-state index in [4.69, 9.17) is 0 Å². The van der Waals surface area contributed by atoms with Crippen LogP contribution in [-0.2, 0) is 6.42 Å². The monoisotopic (exact) mass is 368 g/mol. The van der Waals surface area contributed by atoms with E-state index >= 15 is 0 Å². The summed E-state index contributed by atoms with van der Waals surface area (Å²) in [4.78, 5) is 3.66. The number of rotatable bonds is 2. The SMILES string of the molecule is Cc1cc(C)cc(NC2CCCc3c2[nH]c2ccc(Br)cc32)c1. The van der Waals surface area contributed by atoms with Gasteiger partial charge in [-0.3, -0.25) is 0 Å².